The summed E-state index contributed by atoms with van der Waals surface area (Å²) in [6.45, 7) is 2.31. The Kier molecular flexibility index (Phi) is 7.07. The fourth-order valence-electron chi connectivity index (χ4n) is 2.70. The zero-order chi connectivity index (χ0) is 17.8. The maximum atomic E-state index is 13.0. The predicted molar refractivity (Wildman–Crippen MR) is 100 cm³/mol. The Morgan fingerprint density at radius 1 is 1.08 bits per heavy atom. The number of nitrogens with zero attached hydrogens (tertiary/aromatic N) is 3. The first-order valence-electron chi connectivity index (χ1n) is 8.07. The Bertz CT molecular complexity index is 760. The van der Waals surface area contributed by atoms with Crippen LogP contribution >= 0.6 is 23.7 Å². The summed E-state index contributed by atoms with van der Waals surface area (Å²) in [5.74, 6) is -0.636. The van der Waals surface area contributed by atoms with Crippen molar-refractivity contribution >= 4 is 35.6 Å². The van der Waals surface area contributed by atoms with Crippen molar-refractivity contribution in [1.29, 1.82) is 0 Å². The number of thiazole rings is 1. The lowest BCUT2D eigenvalue weighted by Crippen LogP contribution is -2.50. The number of benzene rings is 1. The molecule has 0 bridgehead atoms. The second kappa shape index (κ2) is 9.07. The fraction of sp³-hybridized carbons (Fsp3) is 0.353. The normalized spacial score (nSPS) is 14.1. The third-order valence-corrected chi connectivity index (χ3v) is 4.98. The highest BCUT2D eigenvalue weighted by Gasteiger charge is 2.26. The Balaban J connectivity index is 0.00000243. The van der Waals surface area contributed by atoms with Crippen molar-refractivity contribution in [3.63, 3.8) is 0 Å². The van der Waals surface area contributed by atoms with E-state index >= 15 is 0 Å². The molecule has 2 heterocycles. The highest BCUT2D eigenvalue weighted by molar-refractivity contribution is 7.09. The Labute approximate surface area is 161 Å². The van der Waals surface area contributed by atoms with Crippen molar-refractivity contribution in [2.24, 2.45) is 5.73 Å². The van der Waals surface area contributed by atoms with Crippen LogP contribution in [0.25, 0.3) is 0 Å². The van der Waals surface area contributed by atoms with Gasteiger partial charge in [-0.1, -0.05) is 0 Å². The van der Waals surface area contributed by atoms with Gasteiger partial charge in [0.25, 0.3) is 11.8 Å². The summed E-state index contributed by atoms with van der Waals surface area (Å²) in [6.07, 6.45) is 0.665. The molecule has 1 saturated heterocycles. The minimum absolute atomic E-state index is 0. The smallest absolute Gasteiger partial charge is 0.273 e. The van der Waals surface area contributed by atoms with Crippen molar-refractivity contribution in [1.82, 2.24) is 14.8 Å². The molecule has 0 spiro atoms. The van der Waals surface area contributed by atoms with E-state index in [4.69, 9.17) is 5.73 Å². The van der Waals surface area contributed by atoms with Crippen LogP contribution in [-0.4, -0.2) is 59.3 Å². The van der Waals surface area contributed by atoms with E-state index in [1.54, 1.807) is 15.2 Å². The summed E-state index contributed by atoms with van der Waals surface area (Å²) in [7, 11) is 0. The van der Waals surface area contributed by atoms with Gasteiger partial charge in [0.15, 0.2) is 0 Å². The topological polar surface area (TPSA) is 79.5 Å². The van der Waals surface area contributed by atoms with Crippen molar-refractivity contribution in [2.45, 2.75) is 6.42 Å². The largest absolute Gasteiger partial charge is 0.335 e. The molecule has 6 nitrogen and oxygen atoms in total. The SMILES string of the molecule is Cl.NCCc1nc(C(=O)N2CCN(C(=O)c3ccc(F)cc3)CC2)cs1. The van der Waals surface area contributed by atoms with Gasteiger partial charge in [0.2, 0.25) is 0 Å². The van der Waals surface area contributed by atoms with Gasteiger partial charge in [0.05, 0.1) is 5.01 Å². The highest BCUT2D eigenvalue weighted by Crippen LogP contribution is 2.15. The van der Waals surface area contributed by atoms with Crippen LogP contribution in [0.3, 0.4) is 0 Å². The molecule has 2 aromatic rings. The summed E-state index contributed by atoms with van der Waals surface area (Å²) in [4.78, 5) is 32.6. The molecule has 1 aromatic carbocycles. The third-order valence-electron chi connectivity index (χ3n) is 4.07. The minimum Gasteiger partial charge on any atom is -0.335 e. The van der Waals surface area contributed by atoms with E-state index in [1.807, 2.05) is 0 Å². The zero-order valence-electron chi connectivity index (χ0n) is 14.1. The molecular formula is C17H20ClFN4O2S. The van der Waals surface area contributed by atoms with Crippen LogP contribution in [0.5, 0.6) is 0 Å². The monoisotopic (exact) mass is 398 g/mol. The number of carbonyl (C=O) groups excluding carboxylic acids is 2. The van der Waals surface area contributed by atoms with Crippen molar-refractivity contribution in [2.75, 3.05) is 32.7 Å². The van der Waals surface area contributed by atoms with Crippen LogP contribution in [0.2, 0.25) is 0 Å². The molecule has 0 atom stereocenters. The second-order valence-electron chi connectivity index (χ2n) is 5.76. The van der Waals surface area contributed by atoms with Crippen LogP contribution in [0, 0.1) is 5.82 Å². The Morgan fingerprint density at radius 3 is 2.23 bits per heavy atom. The van der Waals surface area contributed by atoms with Gasteiger partial charge in [0, 0.05) is 43.5 Å². The summed E-state index contributed by atoms with van der Waals surface area (Å²) in [6, 6.07) is 5.50. The molecule has 1 aliphatic heterocycles. The summed E-state index contributed by atoms with van der Waals surface area (Å²) in [5, 5.41) is 2.61. The van der Waals surface area contributed by atoms with Crippen LogP contribution in [0.4, 0.5) is 4.39 Å². The maximum absolute atomic E-state index is 13.0. The lowest BCUT2D eigenvalue weighted by Gasteiger charge is -2.34. The Morgan fingerprint density at radius 2 is 1.65 bits per heavy atom. The number of carbonyl (C=O) groups is 2. The van der Waals surface area contributed by atoms with Crippen molar-refractivity contribution in [3.8, 4) is 0 Å². The number of hydrogen-bond acceptors (Lipinski definition) is 5. The van der Waals surface area contributed by atoms with Gasteiger partial charge >= 0.3 is 0 Å². The van der Waals surface area contributed by atoms with E-state index in [2.05, 4.69) is 4.98 Å². The van der Waals surface area contributed by atoms with E-state index in [0.717, 1.165) is 5.01 Å². The summed E-state index contributed by atoms with van der Waals surface area (Å²) in [5.41, 5.74) is 6.39. The van der Waals surface area contributed by atoms with Gasteiger partial charge in [-0.15, -0.1) is 23.7 Å². The first-order chi connectivity index (χ1) is 12.1. The van der Waals surface area contributed by atoms with Gasteiger partial charge < -0.3 is 15.5 Å². The number of rotatable bonds is 4. The maximum Gasteiger partial charge on any atom is 0.273 e. The van der Waals surface area contributed by atoms with Crippen molar-refractivity contribution < 1.29 is 14.0 Å². The van der Waals surface area contributed by atoms with Crippen molar-refractivity contribution in [3.05, 3.63) is 51.7 Å². The summed E-state index contributed by atoms with van der Waals surface area (Å²) < 4.78 is 13.0. The fourth-order valence-corrected chi connectivity index (χ4v) is 3.49. The number of nitrogens with two attached hydrogens (primary N) is 1. The molecule has 0 unspecified atom stereocenters. The van der Waals surface area contributed by atoms with E-state index < -0.39 is 0 Å². The lowest BCUT2D eigenvalue weighted by atomic mass is 10.1. The second-order valence-corrected chi connectivity index (χ2v) is 6.70. The van der Waals surface area contributed by atoms with E-state index in [-0.39, 0.29) is 30.0 Å². The lowest BCUT2D eigenvalue weighted by molar-refractivity contribution is 0.0532. The highest BCUT2D eigenvalue weighted by atomic mass is 35.5. The minimum atomic E-state index is -0.371. The van der Waals surface area contributed by atoms with Crippen LogP contribution in [0.1, 0.15) is 25.9 Å². The molecule has 140 valence electrons. The first kappa shape index (κ1) is 20.3. The first-order valence-corrected chi connectivity index (χ1v) is 8.95. The molecule has 1 aromatic heterocycles. The van der Waals surface area contributed by atoms with Gasteiger partial charge in [-0.3, -0.25) is 9.59 Å². The molecule has 2 amide bonds. The van der Waals surface area contributed by atoms with E-state index in [0.29, 0.717) is 50.4 Å². The number of aromatic nitrogens is 1. The van der Waals surface area contributed by atoms with Gasteiger partial charge in [-0.2, -0.15) is 0 Å². The average molecular weight is 399 g/mol. The molecule has 9 heteroatoms. The zero-order valence-corrected chi connectivity index (χ0v) is 15.7. The number of hydrogen-bond donors (Lipinski definition) is 1. The standard InChI is InChI=1S/C17H19FN4O2S.ClH/c18-13-3-1-12(2-4-13)16(23)21-7-9-22(10-8-21)17(24)14-11-25-15(20-14)5-6-19;/h1-4,11H,5-10,19H2;1H. The van der Waals surface area contributed by atoms with Gasteiger partial charge in [0.1, 0.15) is 11.5 Å². The molecule has 2 N–H and O–H groups in total. The number of halogens is 2. The number of piperazine rings is 1. The van der Waals surface area contributed by atoms with Gasteiger partial charge in [-0.25, -0.2) is 9.37 Å². The number of amides is 2. The molecule has 1 aliphatic rings. The molecule has 0 aliphatic carbocycles. The molecule has 3 rings (SSSR count). The quantitative estimate of drug-likeness (QED) is 0.851. The average Bonchev–Trinajstić information content (AvgIpc) is 3.10. The van der Waals surface area contributed by atoms with E-state index in [9.17, 15) is 14.0 Å². The molecule has 1 fully saturated rings. The molecule has 0 radical (unpaired) electrons. The molecular weight excluding hydrogens is 379 g/mol. The molecule has 0 saturated carbocycles. The van der Waals surface area contributed by atoms with Crippen LogP contribution < -0.4 is 5.73 Å². The van der Waals surface area contributed by atoms with E-state index in [1.165, 1.54) is 35.6 Å². The third kappa shape index (κ3) is 4.57. The van der Waals surface area contributed by atoms with Crippen LogP contribution in [0.15, 0.2) is 29.6 Å². The Hall–Kier alpha value is -2.03. The van der Waals surface area contributed by atoms with Crippen LogP contribution in [-0.2, 0) is 6.42 Å². The van der Waals surface area contributed by atoms with Gasteiger partial charge in [-0.05, 0) is 30.8 Å². The molecule has 26 heavy (non-hydrogen) atoms. The predicted octanol–water partition coefficient (Wildman–Crippen LogP) is 1.80. The summed E-state index contributed by atoms with van der Waals surface area (Å²) >= 11 is 1.44.